The predicted molar refractivity (Wildman–Crippen MR) is 93.6 cm³/mol. The van der Waals surface area contributed by atoms with Crippen molar-refractivity contribution in [1.29, 1.82) is 0 Å². The minimum atomic E-state index is -0.0713. The molecule has 0 aliphatic carbocycles. The Hall–Kier alpha value is -1.55. The Labute approximate surface area is 143 Å². The Morgan fingerprint density at radius 1 is 1.22 bits per heavy atom. The summed E-state index contributed by atoms with van der Waals surface area (Å²) in [6.07, 6.45) is 6.36. The van der Waals surface area contributed by atoms with Crippen molar-refractivity contribution in [2.75, 3.05) is 6.61 Å². The molecule has 0 saturated heterocycles. The third-order valence-electron chi connectivity index (χ3n) is 4.02. The normalized spacial score (nSPS) is 14.9. The zero-order chi connectivity index (χ0) is 16.7. The van der Waals surface area contributed by atoms with E-state index in [9.17, 15) is 4.79 Å². The average molecular weight is 337 g/mol. The van der Waals surface area contributed by atoms with Crippen LogP contribution in [0.5, 0.6) is 0 Å². The smallest absolute Gasteiger partial charge is 0.280 e. The monoisotopic (exact) mass is 336 g/mol. The van der Waals surface area contributed by atoms with E-state index in [0.717, 1.165) is 44.1 Å². The maximum atomic E-state index is 12.3. The van der Waals surface area contributed by atoms with Crippen LogP contribution in [-0.2, 0) is 9.53 Å². The molecule has 2 rings (SSSR count). The molecular weight excluding hydrogens is 312 g/mol. The maximum absolute atomic E-state index is 12.3. The molecule has 0 atom stereocenters. The van der Waals surface area contributed by atoms with Crippen LogP contribution in [0.2, 0.25) is 5.02 Å². The standard InChI is InChI=1S/C18H25ClN2O2/c1-3-5-9-14(10-6-4-2)21-17(22)13-23-18(20-21)15-11-7-8-12-16(15)19/h7-8,11-12,14H,3-6,9-10,13H2,1-2H3. The SMILES string of the molecule is CCCCC(CCCC)N1N=C(c2ccccc2Cl)OCC1=O. The quantitative estimate of drug-likeness (QED) is 0.695. The van der Waals surface area contributed by atoms with Crippen molar-refractivity contribution in [1.82, 2.24) is 5.01 Å². The lowest BCUT2D eigenvalue weighted by atomic mass is 10.0. The van der Waals surface area contributed by atoms with Crippen molar-refractivity contribution in [3.8, 4) is 0 Å². The second kappa shape index (κ2) is 8.92. The van der Waals surface area contributed by atoms with Gasteiger partial charge in [0.25, 0.3) is 5.91 Å². The number of carbonyl (C=O) groups excluding carboxylic acids is 1. The van der Waals surface area contributed by atoms with Crippen LogP contribution < -0.4 is 0 Å². The van der Waals surface area contributed by atoms with Gasteiger partial charge in [0, 0.05) is 0 Å². The lowest BCUT2D eigenvalue weighted by molar-refractivity contribution is -0.138. The Morgan fingerprint density at radius 2 is 1.87 bits per heavy atom. The summed E-state index contributed by atoms with van der Waals surface area (Å²) < 4.78 is 5.52. The number of ether oxygens (including phenoxy) is 1. The average Bonchev–Trinajstić information content (AvgIpc) is 2.57. The molecule has 0 spiro atoms. The number of benzene rings is 1. The molecular formula is C18H25ClN2O2. The minimum absolute atomic E-state index is 0.0266. The molecule has 126 valence electrons. The lowest BCUT2D eigenvalue weighted by Crippen LogP contribution is -2.43. The zero-order valence-corrected chi connectivity index (χ0v) is 14.7. The Morgan fingerprint density at radius 3 is 2.48 bits per heavy atom. The third-order valence-corrected chi connectivity index (χ3v) is 4.35. The summed E-state index contributed by atoms with van der Waals surface area (Å²) in [6.45, 7) is 4.35. The van der Waals surface area contributed by atoms with Gasteiger partial charge in [0.1, 0.15) is 0 Å². The van der Waals surface area contributed by atoms with Gasteiger partial charge in [-0.2, -0.15) is 0 Å². The number of rotatable bonds is 8. The Balaban J connectivity index is 2.24. The van der Waals surface area contributed by atoms with E-state index in [1.54, 1.807) is 11.1 Å². The van der Waals surface area contributed by atoms with Crippen LogP contribution in [0.3, 0.4) is 0 Å². The van der Waals surface area contributed by atoms with Crippen molar-refractivity contribution in [3.63, 3.8) is 0 Å². The van der Waals surface area contributed by atoms with Gasteiger partial charge in [-0.3, -0.25) is 4.79 Å². The van der Waals surface area contributed by atoms with E-state index < -0.39 is 0 Å². The van der Waals surface area contributed by atoms with Gasteiger partial charge in [0.15, 0.2) is 6.61 Å². The summed E-state index contributed by atoms with van der Waals surface area (Å²) >= 11 is 6.22. The van der Waals surface area contributed by atoms with Crippen molar-refractivity contribution < 1.29 is 9.53 Å². The molecule has 4 nitrogen and oxygen atoms in total. The van der Waals surface area contributed by atoms with E-state index in [0.29, 0.717) is 10.9 Å². The Kier molecular flexibility index (Phi) is 6.90. The second-order valence-electron chi connectivity index (χ2n) is 5.85. The first-order valence-electron chi connectivity index (χ1n) is 8.45. The van der Waals surface area contributed by atoms with Crippen molar-refractivity contribution in [2.24, 2.45) is 5.10 Å². The van der Waals surface area contributed by atoms with E-state index in [1.165, 1.54) is 0 Å². The summed E-state index contributed by atoms with van der Waals surface area (Å²) in [5.41, 5.74) is 0.733. The van der Waals surface area contributed by atoms with Crippen LogP contribution in [0.1, 0.15) is 57.9 Å². The van der Waals surface area contributed by atoms with Gasteiger partial charge in [0.2, 0.25) is 5.90 Å². The van der Waals surface area contributed by atoms with Crippen LogP contribution in [0.15, 0.2) is 29.4 Å². The molecule has 0 fully saturated rings. The molecule has 0 N–H and O–H groups in total. The lowest BCUT2D eigenvalue weighted by Gasteiger charge is -2.31. The number of nitrogens with zero attached hydrogens (tertiary/aromatic N) is 2. The van der Waals surface area contributed by atoms with Gasteiger partial charge < -0.3 is 4.74 Å². The highest BCUT2D eigenvalue weighted by Gasteiger charge is 2.29. The van der Waals surface area contributed by atoms with E-state index in [4.69, 9.17) is 16.3 Å². The van der Waals surface area contributed by atoms with Gasteiger partial charge >= 0.3 is 0 Å². The van der Waals surface area contributed by atoms with E-state index >= 15 is 0 Å². The van der Waals surface area contributed by atoms with E-state index in [1.807, 2.05) is 18.2 Å². The molecule has 0 radical (unpaired) electrons. The Bertz CT molecular complexity index is 552. The van der Waals surface area contributed by atoms with E-state index in [2.05, 4.69) is 18.9 Å². The highest BCUT2D eigenvalue weighted by molar-refractivity contribution is 6.33. The molecule has 0 unspecified atom stereocenters. The summed E-state index contributed by atoms with van der Waals surface area (Å²) in [6, 6.07) is 7.56. The number of hydrogen-bond donors (Lipinski definition) is 0. The summed E-state index contributed by atoms with van der Waals surface area (Å²) in [5.74, 6) is 0.367. The molecule has 1 aliphatic rings. The summed E-state index contributed by atoms with van der Waals surface area (Å²) in [5, 5.41) is 6.71. The molecule has 0 aromatic heterocycles. The molecule has 1 aromatic carbocycles. The van der Waals surface area contributed by atoms with Crippen LogP contribution in [0.4, 0.5) is 0 Å². The first kappa shape index (κ1) is 17.8. The minimum Gasteiger partial charge on any atom is -0.466 e. The third kappa shape index (κ3) is 4.71. The molecule has 23 heavy (non-hydrogen) atoms. The first-order chi connectivity index (χ1) is 11.2. The maximum Gasteiger partial charge on any atom is 0.280 e. The van der Waals surface area contributed by atoms with Crippen LogP contribution in [0, 0.1) is 0 Å². The topological polar surface area (TPSA) is 41.9 Å². The van der Waals surface area contributed by atoms with Crippen LogP contribution in [-0.4, -0.2) is 29.5 Å². The summed E-state index contributed by atoms with van der Waals surface area (Å²) in [7, 11) is 0. The fourth-order valence-corrected chi connectivity index (χ4v) is 2.92. The van der Waals surface area contributed by atoms with Crippen LogP contribution >= 0.6 is 11.6 Å². The van der Waals surface area contributed by atoms with Gasteiger partial charge in [-0.05, 0) is 25.0 Å². The van der Waals surface area contributed by atoms with Crippen molar-refractivity contribution in [2.45, 2.75) is 58.4 Å². The number of carbonyl (C=O) groups is 1. The van der Waals surface area contributed by atoms with Crippen molar-refractivity contribution >= 4 is 23.4 Å². The molecule has 1 aliphatic heterocycles. The fourth-order valence-electron chi connectivity index (χ4n) is 2.70. The number of hydrazone groups is 1. The summed E-state index contributed by atoms with van der Waals surface area (Å²) in [4.78, 5) is 12.3. The molecule has 5 heteroatoms. The second-order valence-corrected chi connectivity index (χ2v) is 6.26. The highest BCUT2D eigenvalue weighted by atomic mass is 35.5. The number of amides is 1. The largest absolute Gasteiger partial charge is 0.466 e. The highest BCUT2D eigenvalue weighted by Crippen LogP contribution is 2.23. The van der Waals surface area contributed by atoms with Gasteiger partial charge in [-0.15, -0.1) is 5.10 Å². The molecule has 1 amide bonds. The van der Waals surface area contributed by atoms with Gasteiger partial charge in [-0.25, -0.2) is 5.01 Å². The van der Waals surface area contributed by atoms with Crippen LogP contribution in [0.25, 0.3) is 0 Å². The number of hydrogen-bond acceptors (Lipinski definition) is 3. The molecule has 1 heterocycles. The zero-order valence-electron chi connectivity index (χ0n) is 13.9. The fraction of sp³-hybridized carbons (Fsp3) is 0.556. The van der Waals surface area contributed by atoms with E-state index in [-0.39, 0.29) is 18.6 Å². The molecule has 0 bridgehead atoms. The molecule has 0 saturated carbocycles. The number of unbranched alkanes of at least 4 members (excludes halogenated alkanes) is 2. The van der Waals surface area contributed by atoms with Crippen molar-refractivity contribution in [3.05, 3.63) is 34.9 Å². The predicted octanol–water partition coefficient (Wildman–Crippen LogP) is 4.61. The first-order valence-corrected chi connectivity index (χ1v) is 8.83. The van der Waals surface area contributed by atoms with Gasteiger partial charge in [0.05, 0.1) is 16.6 Å². The number of halogens is 1. The van der Waals surface area contributed by atoms with Gasteiger partial charge in [-0.1, -0.05) is 63.3 Å². The molecule has 1 aromatic rings.